The molecule has 2 aromatic rings. The van der Waals surface area contributed by atoms with E-state index in [0.717, 1.165) is 37.4 Å². The van der Waals surface area contributed by atoms with Gasteiger partial charge in [-0.1, -0.05) is 6.07 Å². The van der Waals surface area contributed by atoms with Crippen LogP contribution in [-0.4, -0.2) is 51.9 Å². The molecule has 0 radical (unpaired) electrons. The summed E-state index contributed by atoms with van der Waals surface area (Å²) in [5, 5.41) is 0. The molecule has 0 spiro atoms. The quantitative estimate of drug-likeness (QED) is 0.915. The summed E-state index contributed by atoms with van der Waals surface area (Å²) in [5.74, 6) is 0.717. The molecule has 7 heteroatoms. The highest BCUT2D eigenvalue weighted by atomic mass is 16.2. The highest BCUT2D eigenvalue weighted by Gasteiger charge is 2.28. The van der Waals surface area contributed by atoms with E-state index in [2.05, 4.69) is 19.9 Å². The Hall–Kier alpha value is -2.70. The molecule has 132 valence electrons. The summed E-state index contributed by atoms with van der Waals surface area (Å²) in [6.45, 7) is 5.37. The first-order chi connectivity index (χ1) is 11.9. The number of rotatable bonds is 3. The van der Waals surface area contributed by atoms with E-state index in [-0.39, 0.29) is 17.6 Å². The van der Waals surface area contributed by atoms with Gasteiger partial charge in [0.05, 0.1) is 0 Å². The predicted molar refractivity (Wildman–Crippen MR) is 95.9 cm³/mol. The SMILES string of the molecule is Cc1cccc(N2CCC[C@@H](N(C)C(=O)c3cc(C)[nH]c(=O)n3)C2)n1. The smallest absolute Gasteiger partial charge is 0.345 e. The molecule has 0 saturated carbocycles. The van der Waals surface area contributed by atoms with Crippen molar-refractivity contribution in [3.63, 3.8) is 0 Å². The maximum atomic E-state index is 12.7. The molecule has 0 bridgehead atoms. The number of nitrogens with one attached hydrogen (secondary N) is 1. The van der Waals surface area contributed by atoms with Crippen LogP contribution in [0.4, 0.5) is 5.82 Å². The molecule has 1 N–H and O–H groups in total. The molecule has 25 heavy (non-hydrogen) atoms. The largest absolute Gasteiger partial charge is 0.355 e. The molecular formula is C18H23N5O2. The number of hydrogen-bond donors (Lipinski definition) is 1. The Morgan fingerprint density at radius 3 is 2.84 bits per heavy atom. The van der Waals surface area contributed by atoms with Crippen molar-refractivity contribution < 1.29 is 4.79 Å². The van der Waals surface area contributed by atoms with Crippen molar-refractivity contribution in [2.24, 2.45) is 0 Å². The maximum Gasteiger partial charge on any atom is 0.345 e. The lowest BCUT2D eigenvalue weighted by atomic mass is 10.0. The van der Waals surface area contributed by atoms with Gasteiger partial charge in [-0.15, -0.1) is 0 Å². The van der Waals surface area contributed by atoms with E-state index >= 15 is 0 Å². The van der Waals surface area contributed by atoms with Gasteiger partial charge in [-0.05, 0) is 44.9 Å². The van der Waals surface area contributed by atoms with Gasteiger partial charge in [0.15, 0.2) is 0 Å². The van der Waals surface area contributed by atoms with Crippen molar-refractivity contribution in [3.8, 4) is 0 Å². The number of hydrogen-bond acceptors (Lipinski definition) is 5. The van der Waals surface area contributed by atoms with Gasteiger partial charge >= 0.3 is 5.69 Å². The van der Waals surface area contributed by atoms with E-state index in [1.54, 1.807) is 24.9 Å². The fourth-order valence-corrected chi connectivity index (χ4v) is 3.22. The fourth-order valence-electron chi connectivity index (χ4n) is 3.22. The molecule has 7 nitrogen and oxygen atoms in total. The Labute approximate surface area is 146 Å². The van der Waals surface area contributed by atoms with Gasteiger partial charge in [0.1, 0.15) is 11.5 Å². The van der Waals surface area contributed by atoms with Crippen LogP contribution >= 0.6 is 0 Å². The Bertz CT molecular complexity index is 832. The number of aromatic nitrogens is 3. The highest BCUT2D eigenvalue weighted by Crippen LogP contribution is 2.21. The second-order valence-corrected chi connectivity index (χ2v) is 6.55. The van der Waals surface area contributed by atoms with Gasteiger partial charge in [-0.2, -0.15) is 4.98 Å². The normalized spacial score (nSPS) is 17.4. The minimum absolute atomic E-state index is 0.0601. The monoisotopic (exact) mass is 341 g/mol. The van der Waals surface area contributed by atoms with Crippen molar-refractivity contribution in [3.05, 3.63) is 51.8 Å². The summed E-state index contributed by atoms with van der Waals surface area (Å²) >= 11 is 0. The van der Waals surface area contributed by atoms with Crippen LogP contribution in [0.2, 0.25) is 0 Å². The van der Waals surface area contributed by atoms with Gasteiger partial charge in [0.25, 0.3) is 5.91 Å². The maximum absolute atomic E-state index is 12.7. The molecule has 0 aliphatic carbocycles. The van der Waals surface area contributed by atoms with Crippen LogP contribution in [0.5, 0.6) is 0 Å². The third-order valence-corrected chi connectivity index (χ3v) is 4.56. The zero-order valence-electron chi connectivity index (χ0n) is 14.8. The topological polar surface area (TPSA) is 82.2 Å². The van der Waals surface area contributed by atoms with Crippen LogP contribution in [-0.2, 0) is 0 Å². The van der Waals surface area contributed by atoms with Crippen LogP contribution in [0, 0.1) is 13.8 Å². The van der Waals surface area contributed by atoms with E-state index in [4.69, 9.17) is 0 Å². The first-order valence-corrected chi connectivity index (χ1v) is 8.48. The van der Waals surface area contributed by atoms with Crippen molar-refractivity contribution in [2.75, 3.05) is 25.0 Å². The lowest BCUT2D eigenvalue weighted by Crippen LogP contribution is -2.49. The number of pyridine rings is 1. The second kappa shape index (κ2) is 7.04. The molecule has 0 aromatic carbocycles. The Morgan fingerprint density at radius 2 is 2.12 bits per heavy atom. The van der Waals surface area contributed by atoms with E-state index in [1.165, 1.54) is 0 Å². The lowest BCUT2D eigenvalue weighted by molar-refractivity contribution is 0.0710. The Kier molecular flexibility index (Phi) is 4.83. The third-order valence-electron chi connectivity index (χ3n) is 4.56. The van der Waals surface area contributed by atoms with Gasteiger partial charge in [0, 0.05) is 37.6 Å². The van der Waals surface area contributed by atoms with Crippen LogP contribution < -0.4 is 10.6 Å². The van der Waals surface area contributed by atoms with Crippen molar-refractivity contribution in [1.29, 1.82) is 0 Å². The molecule has 1 fully saturated rings. The number of anilines is 1. The van der Waals surface area contributed by atoms with Crippen molar-refractivity contribution in [2.45, 2.75) is 32.7 Å². The number of nitrogens with zero attached hydrogens (tertiary/aromatic N) is 4. The standard InChI is InChI=1S/C18H23N5O2/c1-12-6-4-8-16(19-12)23-9-5-7-14(11-23)22(3)17(24)15-10-13(2)20-18(25)21-15/h4,6,8,10,14H,5,7,9,11H2,1-3H3,(H,20,21,25)/t14-/m1/s1. The molecule has 3 heterocycles. The molecule has 1 saturated heterocycles. The minimum Gasteiger partial charge on any atom is -0.355 e. The Morgan fingerprint density at radius 1 is 1.32 bits per heavy atom. The van der Waals surface area contributed by atoms with Gasteiger partial charge in [0.2, 0.25) is 0 Å². The van der Waals surface area contributed by atoms with Gasteiger partial charge in [-0.3, -0.25) is 4.79 Å². The summed E-state index contributed by atoms with van der Waals surface area (Å²) in [4.78, 5) is 39.1. The number of piperidine rings is 1. The zero-order valence-corrected chi connectivity index (χ0v) is 14.8. The Balaban J connectivity index is 1.76. The summed E-state index contributed by atoms with van der Waals surface area (Å²) in [6.07, 6.45) is 1.91. The fraction of sp³-hybridized carbons (Fsp3) is 0.444. The molecule has 2 aromatic heterocycles. The number of amides is 1. The van der Waals surface area contributed by atoms with Gasteiger partial charge < -0.3 is 14.8 Å². The van der Waals surface area contributed by atoms with Crippen molar-refractivity contribution in [1.82, 2.24) is 19.9 Å². The molecular weight excluding hydrogens is 318 g/mol. The molecule has 0 unspecified atom stereocenters. The van der Waals surface area contributed by atoms with E-state index in [0.29, 0.717) is 5.69 Å². The van der Waals surface area contributed by atoms with Crippen LogP contribution in [0.25, 0.3) is 0 Å². The lowest BCUT2D eigenvalue weighted by Gasteiger charge is -2.38. The van der Waals surface area contributed by atoms with Crippen LogP contribution in [0.15, 0.2) is 29.1 Å². The molecule has 1 aliphatic heterocycles. The number of H-pyrrole nitrogens is 1. The van der Waals surface area contributed by atoms with E-state index in [9.17, 15) is 9.59 Å². The summed E-state index contributed by atoms with van der Waals surface area (Å²) < 4.78 is 0. The average Bonchev–Trinajstić information content (AvgIpc) is 2.60. The highest BCUT2D eigenvalue weighted by molar-refractivity contribution is 5.92. The minimum atomic E-state index is -0.494. The zero-order chi connectivity index (χ0) is 18.0. The number of carbonyl (C=O) groups excluding carboxylic acids is 1. The van der Waals surface area contributed by atoms with Crippen molar-refractivity contribution >= 4 is 11.7 Å². The number of aryl methyl sites for hydroxylation is 2. The van der Waals surface area contributed by atoms with E-state index in [1.807, 2.05) is 25.1 Å². The molecule has 1 atom stereocenters. The average molecular weight is 341 g/mol. The first-order valence-electron chi connectivity index (χ1n) is 8.48. The molecule has 3 rings (SSSR count). The number of aromatic amines is 1. The van der Waals surface area contributed by atoms with E-state index < -0.39 is 5.69 Å². The van der Waals surface area contributed by atoms with Crippen LogP contribution in [0.1, 0.15) is 34.7 Å². The summed E-state index contributed by atoms with van der Waals surface area (Å²) in [6, 6.07) is 7.65. The third kappa shape index (κ3) is 3.87. The summed E-state index contributed by atoms with van der Waals surface area (Å²) in [7, 11) is 1.78. The molecule has 1 amide bonds. The first kappa shape index (κ1) is 17.1. The number of carbonyl (C=O) groups is 1. The predicted octanol–water partition coefficient (Wildman–Crippen LogP) is 1.52. The number of likely N-dealkylation sites (N-methyl/N-ethyl adjacent to an activating group) is 1. The summed E-state index contributed by atoms with van der Waals surface area (Å²) in [5.41, 5.74) is 1.30. The van der Waals surface area contributed by atoms with Gasteiger partial charge in [-0.25, -0.2) is 9.78 Å². The second-order valence-electron chi connectivity index (χ2n) is 6.55. The van der Waals surface area contributed by atoms with Crippen LogP contribution in [0.3, 0.4) is 0 Å². The molecule has 1 aliphatic rings.